The summed E-state index contributed by atoms with van der Waals surface area (Å²) in [5.41, 5.74) is 2.47. The smallest absolute Gasteiger partial charge is 0.219 e. The molecule has 3 nitrogen and oxygen atoms in total. The number of hydrogen-bond acceptors (Lipinski definition) is 2. The minimum Gasteiger partial charge on any atom is -0.371 e. The van der Waals surface area contributed by atoms with Crippen molar-refractivity contribution >= 4 is 11.6 Å². The van der Waals surface area contributed by atoms with E-state index in [9.17, 15) is 4.79 Å². The van der Waals surface area contributed by atoms with Gasteiger partial charge in [0.1, 0.15) is 0 Å². The number of rotatable bonds is 4. The summed E-state index contributed by atoms with van der Waals surface area (Å²) in [6.45, 7) is 7.14. The van der Waals surface area contributed by atoms with Crippen LogP contribution in [-0.2, 0) is 11.3 Å². The highest BCUT2D eigenvalue weighted by Crippen LogP contribution is 2.23. The van der Waals surface area contributed by atoms with Crippen LogP contribution < -0.4 is 10.2 Å². The van der Waals surface area contributed by atoms with Crippen molar-refractivity contribution in [1.29, 1.82) is 0 Å². The molecule has 0 spiro atoms. The van der Waals surface area contributed by atoms with Crippen molar-refractivity contribution < 1.29 is 4.79 Å². The van der Waals surface area contributed by atoms with Crippen LogP contribution in [0.3, 0.4) is 0 Å². The molecule has 1 N–H and O–H groups in total. The van der Waals surface area contributed by atoms with Crippen LogP contribution in [0.5, 0.6) is 0 Å². The zero-order valence-corrected chi connectivity index (χ0v) is 12.0. The van der Waals surface area contributed by atoms with Gasteiger partial charge in [0.05, 0.1) is 0 Å². The Hall–Kier alpha value is -1.51. The number of piperidine rings is 1. The maximum absolute atomic E-state index is 11.2. The van der Waals surface area contributed by atoms with Gasteiger partial charge in [-0.15, -0.1) is 0 Å². The minimum absolute atomic E-state index is 0.105. The first kappa shape index (κ1) is 13.9. The number of benzene rings is 1. The van der Waals surface area contributed by atoms with Crippen LogP contribution in [0.1, 0.15) is 38.7 Å². The molecule has 1 aromatic rings. The monoisotopic (exact) mass is 260 g/mol. The quantitative estimate of drug-likeness (QED) is 0.902. The second kappa shape index (κ2) is 6.60. The Morgan fingerprint density at radius 2 is 2.11 bits per heavy atom. The van der Waals surface area contributed by atoms with Gasteiger partial charge in [0, 0.05) is 31.7 Å². The normalized spacial score (nSPS) is 19.3. The summed E-state index contributed by atoms with van der Waals surface area (Å²) in [5, 5.41) is 2.90. The van der Waals surface area contributed by atoms with Crippen LogP contribution >= 0.6 is 0 Å². The first-order chi connectivity index (χ1) is 9.19. The predicted octanol–water partition coefficient (Wildman–Crippen LogP) is 2.95. The molecule has 3 heteroatoms. The molecular weight excluding hydrogens is 236 g/mol. The van der Waals surface area contributed by atoms with Crippen molar-refractivity contribution in [1.82, 2.24) is 5.32 Å². The highest BCUT2D eigenvalue weighted by atomic mass is 16.1. The molecule has 1 saturated heterocycles. The van der Waals surface area contributed by atoms with E-state index >= 15 is 0 Å². The third-order valence-electron chi connectivity index (χ3n) is 3.77. The topological polar surface area (TPSA) is 32.3 Å². The predicted molar refractivity (Wildman–Crippen MR) is 79.2 cm³/mol. The number of carbonyl (C=O) groups is 1. The molecule has 1 aliphatic heterocycles. The van der Waals surface area contributed by atoms with Crippen LogP contribution in [-0.4, -0.2) is 19.0 Å². The van der Waals surface area contributed by atoms with Crippen LogP contribution in [0.4, 0.5) is 5.69 Å². The summed E-state index contributed by atoms with van der Waals surface area (Å²) in [6.07, 6.45) is 3.18. The third kappa shape index (κ3) is 3.98. The van der Waals surface area contributed by atoms with E-state index in [1.165, 1.54) is 18.5 Å². The average molecular weight is 260 g/mol. The van der Waals surface area contributed by atoms with Gasteiger partial charge < -0.3 is 10.2 Å². The zero-order chi connectivity index (χ0) is 13.7. The van der Waals surface area contributed by atoms with E-state index < -0.39 is 0 Å². The Balaban J connectivity index is 1.92. The standard InChI is InChI=1S/C16H24N2O/c1-3-16(19)17-11-14-6-8-15(9-7-14)18-10-4-5-13(2)12-18/h6-9,13H,3-5,10-12H2,1-2H3,(H,17,19). The van der Waals surface area contributed by atoms with Crippen LogP contribution in [0.2, 0.25) is 0 Å². The summed E-state index contributed by atoms with van der Waals surface area (Å²) in [7, 11) is 0. The molecule has 104 valence electrons. The van der Waals surface area contributed by atoms with Gasteiger partial charge in [-0.3, -0.25) is 4.79 Å². The van der Waals surface area contributed by atoms with Gasteiger partial charge in [-0.25, -0.2) is 0 Å². The number of amides is 1. The summed E-state index contributed by atoms with van der Waals surface area (Å²) in [5.74, 6) is 0.895. The van der Waals surface area contributed by atoms with E-state index in [1.807, 2.05) is 6.92 Å². The molecule has 2 rings (SSSR count). The summed E-state index contributed by atoms with van der Waals surface area (Å²) in [6, 6.07) is 8.58. The second-order valence-corrected chi connectivity index (χ2v) is 5.49. The Bertz CT molecular complexity index is 413. The van der Waals surface area contributed by atoms with Crippen molar-refractivity contribution in [2.45, 2.75) is 39.7 Å². The van der Waals surface area contributed by atoms with Crippen LogP contribution in [0, 0.1) is 5.92 Å². The number of carbonyl (C=O) groups excluding carboxylic acids is 1. The lowest BCUT2D eigenvalue weighted by molar-refractivity contribution is -0.120. The summed E-state index contributed by atoms with van der Waals surface area (Å²) < 4.78 is 0. The Labute approximate surface area is 116 Å². The fourth-order valence-corrected chi connectivity index (χ4v) is 2.57. The van der Waals surface area contributed by atoms with Gasteiger partial charge in [0.15, 0.2) is 0 Å². The molecule has 1 fully saturated rings. The first-order valence-electron chi connectivity index (χ1n) is 7.29. The maximum Gasteiger partial charge on any atom is 0.219 e. The molecule has 0 saturated carbocycles. The molecule has 1 aliphatic rings. The Morgan fingerprint density at radius 1 is 1.37 bits per heavy atom. The zero-order valence-electron chi connectivity index (χ0n) is 12.0. The first-order valence-corrected chi connectivity index (χ1v) is 7.29. The fraction of sp³-hybridized carbons (Fsp3) is 0.562. The van der Waals surface area contributed by atoms with E-state index in [0.29, 0.717) is 13.0 Å². The number of anilines is 1. The van der Waals surface area contributed by atoms with Gasteiger partial charge in [-0.1, -0.05) is 26.0 Å². The maximum atomic E-state index is 11.2. The SMILES string of the molecule is CCC(=O)NCc1ccc(N2CCCC(C)C2)cc1. The largest absolute Gasteiger partial charge is 0.371 e. The number of hydrogen-bond donors (Lipinski definition) is 1. The molecule has 0 aromatic heterocycles. The van der Waals surface area contributed by atoms with E-state index in [2.05, 4.69) is 41.4 Å². The van der Waals surface area contributed by atoms with Crippen molar-refractivity contribution in [2.75, 3.05) is 18.0 Å². The lowest BCUT2D eigenvalue weighted by Crippen LogP contribution is -2.34. The van der Waals surface area contributed by atoms with Crippen molar-refractivity contribution in [3.63, 3.8) is 0 Å². The van der Waals surface area contributed by atoms with Crippen LogP contribution in [0.25, 0.3) is 0 Å². The number of nitrogens with zero attached hydrogens (tertiary/aromatic N) is 1. The third-order valence-corrected chi connectivity index (χ3v) is 3.77. The van der Waals surface area contributed by atoms with Gasteiger partial charge in [-0.05, 0) is 36.5 Å². The van der Waals surface area contributed by atoms with Gasteiger partial charge in [0.2, 0.25) is 5.91 Å². The minimum atomic E-state index is 0.105. The highest BCUT2D eigenvalue weighted by Gasteiger charge is 2.16. The molecule has 19 heavy (non-hydrogen) atoms. The lowest BCUT2D eigenvalue weighted by atomic mass is 9.99. The molecule has 0 bridgehead atoms. The summed E-state index contributed by atoms with van der Waals surface area (Å²) >= 11 is 0. The summed E-state index contributed by atoms with van der Waals surface area (Å²) in [4.78, 5) is 13.7. The molecule has 1 amide bonds. The van der Waals surface area contributed by atoms with Gasteiger partial charge in [0.25, 0.3) is 0 Å². The van der Waals surface area contributed by atoms with Gasteiger partial charge in [-0.2, -0.15) is 0 Å². The van der Waals surface area contributed by atoms with E-state index in [-0.39, 0.29) is 5.91 Å². The number of nitrogens with one attached hydrogen (secondary N) is 1. The van der Waals surface area contributed by atoms with Crippen molar-refractivity contribution in [2.24, 2.45) is 5.92 Å². The van der Waals surface area contributed by atoms with E-state index in [4.69, 9.17) is 0 Å². The molecule has 0 radical (unpaired) electrons. The molecule has 1 unspecified atom stereocenters. The van der Waals surface area contributed by atoms with E-state index in [0.717, 1.165) is 24.6 Å². The average Bonchev–Trinajstić information content (AvgIpc) is 2.45. The van der Waals surface area contributed by atoms with E-state index in [1.54, 1.807) is 0 Å². The lowest BCUT2D eigenvalue weighted by Gasteiger charge is -2.32. The Kier molecular flexibility index (Phi) is 4.83. The second-order valence-electron chi connectivity index (χ2n) is 5.49. The molecule has 1 aromatic carbocycles. The molecular formula is C16H24N2O. The van der Waals surface area contributed by atoms with Crippen molar-refractivity contribution in [3.05, 3.63) is 29.8 Å². The van der Waals surface area contributed by atoms with Crippen molar-refractivity contribution in [3.8, 4) is 0 Å². The Morgan fingerprint density at radius 3 is 2.74 bits per heavy atom. The molecule has 1 atom stereocenters. The molecule has 1 heterocycles. The van der Waals surface area contributed by atoms with Crippen LogP contribution in [0.15, 0.2) is 24.3 Å². The molecule has 0 aliphatic carbocycles. The fourth-order valence-electron chi connectivity index (χ4n) is 2.57. The highest BCUT2D eigenvalue weighted by molar-refractivity contribution is 5.75. The van der Waals surface area contributed by atoms with Gasteiger partial charge >= 0.3 is 0 Å².